The fourth-order valence-corrected chi connectivity index (χ4v) is 0.806. The highest BCUT2D eigenvalue weighted by Gasteiger charge is 2.05. The Bertz CT molecular complexity index is 173. The maximum atomic E-state index is 10.5. The topological polar surface area (TPSA) is 26.3 Å². The van der Waals surface area contributed by atoms with Gasteiger partial charge in [-0.15, -0.1) is 0 Å². The Hall–Kier alpha value is -1.05. The van der Waals surface area contributed by atoms with Crippen LogP contribution in [0.3, 0.4) is 0 Å². The molecule has 1 fully saturated rings. The lowest BCUT2D eigenvalue weighted by atomic mass is 10.2. The molecular formula is C11H18O2. The number of rotatable bonds is 1. The highest BCUT2D eigenvalue weighted by molar-refractivity contribution is 5.69. The third-order valence-corrected chi connectivity index (χ3v) is 1.64. The van der Waals surface area contributed by atoms with Crippen molar-refractivity contribution in [1.29, 1.82) is 0 Å². The summed E-state index contributed by atoms with van der Waals surface area (Å²) < 4.78 is 4.76. The number of esters is 1. The van der Waals surface area contributed by atoms with Crippen LogP contribution in [-0.4, -0.2) is 12.6 Å². The minimum absolute atomic E-state index is 0.0255. The molecule has 2 nitrogen and oxygen atoms in total. The van der Waals surface area contributed by atoms with Crippen LogP contribution in [0.2, 0.25) is 0 Å². The SMILES string of the molecule is C=CC(=C)C.O=C1CCCCCO1. The van der Waals surface area contributed by atoms with E-state index in [0.717, 1.165) is 24.8 Å². The standard InChI is InChI=1S/C6H10O2.C5H8/c7-6-4-2-1-3-5-8-6;1-4-5(2)3/h1-5H2;4H,1-2H2,3H3. The highest BCUT2D eigenvalue weighted by Crippen LogP contribution is 2.06. The van der Waals surface area contributed by atoms with Crippen LogP contribution in [0.25, 0.3) is 0 Å². The first-order valence-electron chi connectivity index (χ1n) is 4.60. The van der Waals surface area contributed by atoms with Crippen LogP contribution >= 0.6 is 0 Å². The number of carbonyl (C=O) groups excluding carboxylic acids is 1. The first kappa shape index (κ1) is 11.9. The molecule has 0 radical (unpaired) electrons. The largest absolute Gasteiger partial charge is 0.466 e. The van der Waals surface area contributed by atoms with Gasteiger partial charge in [-0.3, -0.25) is 4.79 Å². The highest BCUT2D eigenvalue weighted by atomic mass is 16.5. The summed E-state index contributed by atoms with van der Waals surface area (Å²) in [6, 6.07) is 0. The summed E-state index contributed by atoms with van der Waals surface area (Å²) in [5.74, 6) is -0.0255. The van der Waals surface area contributed by atoms with Gasteiger partial charge in [-0.05, 0) is 26.2 Å². The van der Waals surface area contributed by atoms with Crippen LogP contribution in [0.4, 0.5) is 0 Å². The molecule has 13 heavy (non-hydrogen) atoms. The summed E-state index contributed by atoms with van der Waals surface area (Å²) in [5.41, 5.74) is 1.02. The molecule has 0 unspecified atom stereocenters. The van der Waals surface area contributed by atoms with Crippen molar-refractivity contribution in [1.82, 2.24) is 0 Å². The van der Waals surface area contributed by atoms with E-state index in [1.807, 2.05) is 6.92 Å². The molecule has 0 aliphatic carbocycles. The molecule has 0 aromatic heterocycles. The maximum Gasteiger partial charge on any atom is 0.305 e. The van der Waals surface area contributed by atoms with Crippen molar-refractivity contribution in [3.8, 4) is 0 Å². The second-order valence-corrected chi connectivity index (χ2v) is 3.08. The second-order valence-electron chi connectivity index (χ2n) is 3.08. The van der Waals surface area contributed by atoms with E-state index in [2.05, 4.69) is 13.2 Å². The van der Waals surface area contributed by atoms with E-state index in [4.69, 9.17) is 4.74 Å². The van der Waals surface area contributed by atoms with Gasteiger partial charge in [0.15, 0.2) is 0 Å². The molecule has 1 aliphatic rings. The number of cyclic esters (lactones) is 1. The van der Waals surface area contributed by atoms with E-state index in [0.29, 0.717) is 13.0 Å². The summed E-state index contributed by atoms with van der Waals surface area (Å²) >= 11 is 0. The molecule has 0 amide bonds. The molecule has 0 spiro atoms. The van der Waals surface area contributed by atoms with Crippen LogP contribution in [-0.2, 0) is 9.53 Å². The molecule has 0 bridgehead atoms. The summed E-state index contributed by atoms with van der Waals surface area (Å²) in [6.45, 7) is 9.56. The van der Waals surface area contributed by atoms with Gasteiger partial charge in [0.2, 0.25) is 0 Å². The van der Waals surface area contributed by atoms with Crippen molar-refractivity contribution < 1.29 is 9.53 Å². The van der Waals surface area contributed by atoms with E-state index in [9.17, 15) is 4.79 Å². The maximum absolute atomic E-state index is 10.5. The first-order valence-corrected chi connectivity index (χ1v) is 4.60. The van der Waals surface area contributed by atoms with E-state index in [1.165, 1.54) is 0 Å². The Morgan fingerprint density at radius 1 is 1.46 bits per heavy atom. The van der Waals surface area contributed by atoms with Crippen LogP contribution in [0.15, 0.2) is 24.8 Å². The van der Waals surface area contributed by atoms with Gasteiger partial charge < -0.3 is 4.74 Å². The molecule has 0 N–H and O–H groups in total. The fraction of sp³-hybridized carbons (Fsp3) is 0.545. The Morgan fingerprint density at radius 2 is 2.08 bits per heavy atom. The molecule has 1 saturated heterocycles. The zero-order chi connectivity index (χ0) is 10.1. The van der Waals surface area contributed by atoms with Crippen LogP contribution < -0.4 is 0 Å². The molecule has 2 heteroatoms. The Balaban J connectivity index is 0.000000252. The van der Waals surface area contributed by atoms with E-state index in [1.54, 1.807) is 6.08 Å². The number of carbonyl (C=O) groups is 1. The smallest absolute Gasteiger partial charge is 0.305 e. The quantitative estimate of drug-likeness (QED) is 0.460. The number of ether oxygens (including phenoxy) is 1. The fourth-order valence-electron chi connectivity index (χ4n) is 0.806. The lowest BCUT2D eigenvalue weighted by molar-refractivity contribution is -0.142. The van der Waals surface area contributed by atoms with Crippen LogP contribution in [0, 0.1) is 0 Å². The zero-order valence-electron chi connectivity index (χ0n) is 8.34. The minimum atomic E-state index is -0.0255. The average molecular weight is 182 g/mol. The van der Waals surface area contributed by atoms with Gasteiger partial charge in [0, 0.05) is 6.42 Å². The Kier molecular flexibility index (Phi) is 6.98. The van der Waals surface area contributed by atoms with Gasteiger partial charge in [0.05, 0.1) is 6.61 Å². The van der Waals surface area contributed by atoms with Crippen molar-refractivity contribution in [3.63, 3.8) is 0 Å². The number of allylic oxidation sites excluding steroid dienone is 2. The summed E-state index contributed by atoms with van der Waals surface area (Å²) in [5, 5.41) is 0. The molecular weight excluding hydrogens is 164 g/mol. The molecule has 0 aromatic carbocycles. The monoisotopic (exact) mass is 182 g/mol. The zero-order valence-corrected chi connectivity index (χ0v) is 8.34. The van der Waals surface area contributed by atoms with Crippen molar-refractivity contribution >= 4 is 5.97 Å². The summed E-state index contributed by atoms with van der Waals surface area (Å²) in [7, 11) is 0. The second kappa shape index (κ2) is 7.59. The number of hydrogen-bond acceptors (Lipinski definition) is 2. The van der Waals surface area contributed by atoms with Crippen molar-refractivity contribution in [2.75, 3.05) is 6.61 Å². The molecule has 0 atom stereocenters. The Labute approximate surface area is 80.3 Å². The lowest BCUT2D eigenvalue weighted by Gasteiger charge is -1.93. The van der Waals surface area contributed by atoms with Gasteiger partial charge >= 0.3 is 5.97 Å². The lowest BCUT2D eigenvalue weighted by Crippen LogP contribution is -2.00. The normalized spacial score (nSPS) is 15.9. The van der Waals surface area contributed by atoms with E-state index in [-0.39, 0.29) is 5.97 Å². The van der Waals surface area contributed by atoms with Crippen molar-refractivity contribution in [3.05, 3.63) is 24.8 Å². The molecule has 1 aliphatic heterocycles. The number of hydrogen-bond donors (Lipinski definition) is 0. The molecule has 0 aromatic rings. The van der Waals surface area contributed by atoms with Gasteiger partial charge in [0.25, 0.3) is 0 Å². The Morgan fingerprint density at radius 3 is 2.62 bits per heavy atom. The molecule has 1 rings (SSSR count). The third-order valence-electron chi connectivity index (χ3n) is 1.64. The van der Waals surface area contributed by atoms with E-state index >= 15 is 0 Å². The van der Waals surface area contributed by atoms with Crippen LogP contribution in [0.5, 0.6) is 0 Å². The first-order chi connectivity index (χ1) is 6.16. The average Bonchev–Trinajstić information content (AvgIpc) is 2.33. The van der Waals surface area contributed by atoms with Crippen molar-refractivity contribution in [2.24, 2.45) is 0 Å². The third kappa shape index (κ3) is 8.86. The van der Waals surface area contributed by atoms with Gasteiger partial charge in [0.1, 0.15) is 0 Å². The van der Waals surface area contributed by atoms with Crippen LogP contribution in [0.1, 0.15) is 32.6 Å². The predicted molar refractivity (Wildman–Crippen MR) is 54.4 cm³/mol. The summed E-state index contributed by atoms with van der Waals surface area (Å²) in [4.78, 5) is 10.5. The van der Waals surface area contributed by atoms with Crippen molar-refractivity contribution in [2.45, 2.75) is 32.6 Å². The summed E-state index contributed by atoms with van der Waals surface area (Å²) in [6.07, 6.45) is 5.55. The molecule has 1 heterocycles. The minimum Gasteiger partial charge on any atom is -0.466 e. The van der Waals surface area contributed by atoms with E-state index < -0.39 is 0 Å². The molecule has 74 valence electrons. The van der Waals surface area contributed by atoms with Gasteiger partial charge in [-0.2, -0.15) is 0 Å². The predicted octanol–water partition coefficient (Wildman–Crippen LogP) is 2.85. The van der Waals surface area contributed by atoms with Gasteiger partial charge in [-0.1, -0.05) is 24.8 Å². The van der Waals surface area contributed by atoms with Gasteiger partial charge in [-0.25, -0.2) is 0 Å². The molecule has 0 saturated carbocycles.